The van der Waals surface area contributed by atoms with E-state index >= 15 is 0 Å². The summed E-state index contributed by atoms with van der Waals surface area (Å²) >= 11 is 0. The number of nitrogen functional groups attached to an aromatic ring is 1. The number of hydrogen-bond acceptors (Lipinski definition) is 6. The number of imide groups is 1. The Hall–Kier alpha value is -3.37. The third kappa shape index (κ3) is 3.23. The number of alkyl halides is 3. The Morgan fingerprint density at radius 3 is 2.50 bits per heavy atom. The molecule has 8 nitrogen and oxygen atoms in total. The van der Waals surface area contributed by atoms with Crippen LogP contribution in [0, 0.1) is 0 Å². The second-order valence-corrected chi connectivity index (χ2v) is 8.61. The highest BCUT2D eigenvalue weighted by molar-refractivity contribution is 6.13. The summed E-state index contributed by atoms with van der Waals surface area (Å²) in [4.78, 5) is 36.4. The van der Waals surface area contributed by atoms with E-state index < -0.39 is 34.8 Å². The first-order chi connectivity index (χ1) is 15.1. The fraction of sp³-hybridized carbons (Fsp3) is 0.429. The van der Waals surface area contributed by atoms with Crippen LogP contribution in [0.15, 0.2) is 36.7 Å². The van der Waals surface area contributed by atoms with E-state index in [1.54, 1.807) is 0 Å². The fourth-order valence-electron chi connectivity index (χ4n) is 5.22. The molecule has 5 rings (SSSR count). The number of amides is 3. The first-order valence-electron chi connectivity index (χ1n) is 10.2. The number of benzene rings is 1. The molecular formula is C21H20F3N5O3. The molecule has 2 bridgehead atoms. The van der Waals surface area contributed by atoms with Crippen molar-refractivity contribution in [1.82, 2.24) is 14.9 Å². The Morgan fingerprint density at radius 1 is 1.06 bits per heavy atom. The summed E-state index contributed by atoms with van der Waals surface area (Å²) in [6.07, 6.45) is -0.436. The molecule has 2 aliphatic carbocycles. The third-order valence-corrected chi connectivity index (χ3v) is 6.65. The van der Waals surface area contributed by atoms with Gasteiger partial charge in [0.2, 0.25) is 5.88 Å². The van der Waals surface area contributed by atoms with Gasteiger partial charge in [0.25, 0.3) is 5.91 Å². The molecular weight excluding hydrogens is 427 g/mol. The summed E-state index contributed by atoms with van der Waals surface area (Å²) in [7, 11) is 0. The summed E-state index contributed by atoms with van der Waals surface area (Å²) in [5.41, 5.74) is 3.57. The van der Waals surface area contributed by atoms with E-state index in [4.69, 9.17) is 10.5 Å². The van der Waals surface area contributed by atoms with Crippen molar-refractivity contribution in [2.45, 2.75) is 49.4 Å². The Morgan fingerprint density at radius 2 is 1.81 bits per heavy atom. The lowest BCUT2D eigenvalue weighted by Gasteiger charge is -2.34. The second-order valence-electron chi connectivity index (χ2n) is 8.61. The number of rotatable bonds is 4. The van der Waals surface area contributed by atoms with Crippen molar-refractivity contribution in [1.29, 1.82) is 0 Å². The number of carbonyl (C=O) groups excluding carboxylic acids is 2. The van der Waals surface area contributed by atoms with Crippen LogP contribution >= 0.6 is 0 Å². The van der Waals surface area contributed by atoms with Crippen molar-refractivity contribution in [3.8, 4) is 5.88 Å². The number of halogens is 3. The summed E-state index contributed by atoms with van der Waals surface area (Å²) in [6.45, 7) is -0.293. The van der Waals surface area contributed by atoms with Crippen molar-refractivity contribution >= 4 is 23.4 Å². The van der Waals surface area contributed by atoms with Crippen LogP contribution in [0.5, 0.6) is 5.88 Å². The Kier molecular flexibility index (Phi) is 4.37. The zero-order valence-corrected chi connectivity index (χ0v) is 16.9. The van der Waals surface area contributed by atoms with E-state index in [2.05, 4.69) is 9.97 Å². The lowest BCUT2D eigenvalue weighted by Crippen LogP contribution is -2.49. The number of hydrogen-bond donors (Lipinski definition) is 1. The molecule has 168 valence electrons. The fourth-order valence-corrected chi connectivity index (χ4v) is 5.22. The summed E-state index contributed by atoms with van der Waals surface area (Å²) in [6, 6.07) is 5.38. The minimum absolute atomic E-state index is 0.0482. The van der Waals surface area contributed by atoms with Crippen molar-refractivity contribution in [2.75, 3.05) is 17.2 Å². The van der Waals surface area contributed by atoms with Crippen molar-refractivity contribution in [3.63, 3.8) is 0 Å². The first kappa shape index (κ1) is 20.5. The van der Waals surface area contributed by atoms with E-state index in [0.717, 1.165) is 17.0 Å². The maximum Gasteiger partial charge on any atom is 0.416 e. The zero-order valence-electron chi connectivity index (χ0n) is 16.9. The number of ether oxygens (including phenoxy) is 1. The van der Waals surface area contributed by atoms with Gasteiger partial charge in [-0.2, -0.15) is 13.2 Å². The van der Waals surface area contributed by atoms with Crippen molar-refractivity contribution < 1.29 is 27.5 Å². The van der Waals surface area contributed by atoms with Crippen LogP contribution in [0.4, 0.5) is 29.5 Å². The van der Waals surface area contributed by atoms with Crippen LogP contribution in [0.2, 0.25) is 0 Å². The quantitative estimate of drug-likeness (QED) is 0.721. The summed E-state index contributed by atoms with van der Waals surface area (Å²) in [5, 5.41) is 0. The van der Waals surface area contributed by atoms with Crippen LogP contribution in [-0.2, 0) is 11.0 Å². The minimum atomic E-state index is -4.54. The summed E-state index contributed by atoms with van der Waals surface area (Å²) < 4.78 is 45.5. The summed E-state index contributed by atoms with van der Waals surface area (Å²) in [5.74, 6) is 0.187. The van der Waals surface area contributed by atoms with Gasteiger partial charge in [-0.15, -0.1) is 0 Å². The van der Waals surface area contributed by atoms with Crippen LogP contribution in [-0.4, -0.2) is 44.5 Å². The van der Waals surface area contributed by atoms with Gasteiger partial charge in [0, 0.05) is 18.2 Å². The van der Waals surface area contributed by atoms with E-state index in [-0.39, 0.29) is 18.1 Å². The molecule has 0 unspecified atom stereocenters. The molecule has 1 aliphatic heterocycles. The number of fused-ring (bicyclic) bond motifs is 2. The maximum atomic E-state index is 13.2. The van der Waals surface area contributed by atoms with Gasteiger partial charge >= 0.3 is 12.2 Å². The minimum Gasteiger partial charge on any atom is -0.471 e. The third-order valence-electron chi connectivity index (χ3n) is 6.65. The molecule has 1 aromatic heterocycles. The normalized spacial score (nSPS) is 27.5. The number of urea groups is 1. The Labute approximate surface area is 181 Å². The molecule has 2 saturated carbocycles. The zero-order chi connectivity index (χ0) is 22.7. The maximum absolute atomic E-state index is 13.2. The molecule has 3 aliphatic rings. The SMILES string of the molecule is Nc1cc(OC23CCC(N4C(=O)CN(c5cccc(C(F)(F)F)c5)C4=O)(CC2)C3)ncn1. The van der Waals surface area contributed by atoms with Gasteiger partial charge in [-0.05, 0) is 43.9 Å². The molecule has 0 radical (unpaired) electrons. The van der Waals surface area contributed by atoms with E-state index in [1.807, 2.05) is 0 Å². The van der Waals surface area contributed by atoms with Crippen LogP contribution in [0.25, 0.3) is 0 Å². The number of nitrogens with two attached hydrogens (primary N) is 1. The molecule has 1 aromatic carbocycles. The topological polar surface area (TPSA) is 102 Å². The molecule has 2 heterocycles. The Bertz CT molecular complexity index is 1100. The average Bonchev–Trinajstić information content (AvgIpc) is 3.37. The molecule has 32 heavy (non-hydrogen) atoms. The van der Waals surface area contributed by atoms with Gasteiger partial charge in [0.05, 0.1) is 11.1 Å². The highest BCUT2D eigenvalue weighted by atomic mass is 19.4. The molecule has 3 amide bonds. The predicted molar refractivity (Wildman–Crippen MR) is 107 cm³/mol. The lowest BCUT2D eigenvalue weighted by molar-refractivity contribution is -0.137. The van der Waals surface area contributed by atoms with Gasteiger partial charge < -0.3 is 10.5 Å². The largest absolute Gasteiger partial charge is 0.471 e. The number of carbonyl (C=O) groups is 2. The van der Waals surface area contributed by atoms with Gasteiger partial charge in [-0.25, -0.2) is 14.8 Å². The highest BCUT2D eigenvalue weighted by Crippen LogP contribution is 2.56. The standard InChI is InChI=1S/C21H20F3N5O3/c22-21(23,24)13-2-1-3-14(8-13)28-10-17(30)29(18(28)31)19-4-6-20(11-19,7-5-19)32-16-9-15(25)26-12-27-16/h1-3,8-9,12H,4-7,10-11H2,(H2,25,26,27). The highest BCUT2D eigenvalue weighted by Gasteiger charge is 2.63. The van der Waals surface area contributed by atoms with Crippen molar-refractivity contribution in [2.24, 2.45) is 0 Å². The molecule has 3 fully saturated rings. The molecule has 0 spiro atoms. The lowest BCUT2D eigenvalue weighted by atomic mass is 9.91. The molecule has 2 aromatic rings. The number of nitrogens with zero attached hydrogens (tertiary/aromatic N) is 4. The predicted octanol–water partition coefficient (Wildman–Crippen LogP) is 3.38. The van der Waals surface area contributed by atoms with Crippen LogP contribution in [0.1, 0.15) is 37.7 Å². The van der Waals surface area contributed by atoms with Gasteiger partial charge in [0.1, 0.15) is 24.3 Å². The van der Waals surface area contributed by atoms with Crippen LogP contribution < -0.4 is 15.4 Å². The molecule has 0 atom stereocenters. The van der Waals surface area contributed by atoms with E-state index in [0.29, 0.717) is 38.0 Å². The number of anilines is 2. The smallest absolute Gasteiger partial charge is 0.416 e. The number of aromatic nitrogens is 2. The monoisotopic (exact) mass is 447 g/mol. The first-order valence-corrected chi connectivity index (χ1v) is 10.2. The van der Waals surface area contributed by atoms with E-state index in [9.17, 15) is 22.8 Å². The second kappa shape index (κ2) is 6.81. The molecule has 11 heteroatoms. The van der Waals surface area contributed by atoms with Gasteiger partial charge in [-0.3, -0.25) is 14.6 Å². The Balaban J connectivity index is 1.38. The molecule has 1 saturated heterocycles. The molecule has 2 N–H and O–H groups in total. The van der Waals surface area contributed by atoms with Crippen LogP contribution in [0.3, 0.4) is 0 Å². The van der Waals surface area contributed by atoms with Crippen molar-refractivity contribution in [3.05, 3.63) is 42.2 Å². The van der Waals surface area contributed by atoms with Gasteiger partial charge in [-0.1, -0.05) is 6.07 Å². The van der Waals surface area contributed by atoms with Gasteiger partial charge in [0.15, 0.2) is 0 Å². The average molecular weight is 447 g/mol. The van der Waals surface area contributed by atoms with E-state index in [1.165, 1.54) is 29.4 Å².